The normalized spacial score (nSPS) is 11.7. The lowest BCUT2D eigenvalue weighted by Gasteiger charge is -2.12. The number of urea groups is 1. The molecule has 2 N–H and O–H groups in total. The third kappa shape index (κ3) is 8.65. The van der Waals surface area contributed by atoms with Crippen LogP contribution in [0.25, 0.3) is 11.3 Å². The van der Waals surface area contributed by atoms with Crippen LogP contribution in [-0.4, -0.2) is 56.1 Å². The smallest absolute Gasteiger partial charge is 0.497 e. The minimum absolute atomic E-state index is 0.228. The molecule has 0 aliphatic heterocycles. The molecule has 2 aromatic carbocycles. The summed E-state index contributed by atoms with van der Waals surface area (Å²) in [6.45, 7) is 0.987. The number of benzene rings is 2. The van der Waals surface area contributed by atoms with E-state index in [4.69, 9.17) is 21.1 Å². The summed E-state index contributed by atoms with van der Waals surface area (Å²) in [5.41, 5.74) is 1.44. The Morgan fingerprint density at radius 3 is 2.36 bits per heavy atom. The van der Waals surface area contributed by atoms with Gasteiger partial charge < -0.3 is 29.4 Å². The van der Waals surface area contributed by atoms with Crippen molar-refractivity contribution < 1.29 is 37.0 Å². The molecule has 39 heavy (non-hydrogen) atoms. The zero-order valence-corrected chi connectivity index (χ0v) is 22.6. The third-order valence-corrected chi connectivity index (χ3v) is 6.29. The van der Waals surface area contributed by atoms with Crippen molar-refractivity contribution in [1.82, 2.24) is 15.2 Å². The highest BCUT2D eigenvalue weighted by atomic mass is 35.5. The molecule has 0 saturated heterocycles. The molecule has 0 aliphatic carbocycles. The van der Waals surface area contributed by atoms with Gasteiger partial charge in [0, 0.05) is 37.0 Å². The van der Waals surface area contributed by atoms with Crippen LogP contribution in [-0.2, 0) is 6.54 Å². The lowest BCUT2D eigenvalue weighted by atomic mass is 10.1. The maximum absolute atomic E-state index is 13.1. The predicted octanol–water partition coefficient (Wildman–Crippen LogP) is 4.80. The average molecular weight is 587 g/mol. The lowest BCUT2D eigenvalue weighted by molar-refractivity contribution is -0.274. The molecule has 3 rings (SSSR count). The number of rotatable bonds is 11. The Labute approximate surface area is 231 Å². The summed E-state index contributed by atoms with van der Waals surface area (Å²) in [6, 6.07) is 9.75. The number of carbonyl (C=O) groups excluding carboxylic acids is 2. The third-order valence-electron chi connectivity index (χ3n) is 5.24. The summed E-state index contributed by atoms with van der Waals surface area (Å²) >= 11 is 6.76. The standard InChI is InChI=1S/C25H26ClF3N4O5S/c1-36-18-8-9-19(21(14-18)37-2)22(34)32-24-33(13-3-11-30-23(35)31-12-10-26)20(15-39-24)16-4-6-17(7-5-16)38-25(27,28)29/h4-9,14-15H,3,10-13H2,1-2H3,(H2,30,31,35). The van der Waals surface area contributed by atoms with E-state index in [1.54, 1.807) is 28.1 Å². The second kappa shape index (κ2) is 13.9. The minimum atomic E-state index is -4.80. The SMILES string of the molecule is COc1ccc(C(=O)N=c2scc(-c3ccc(OC(F)(F)F)cc3)n2CCCNC(=O)NCCCl)c(OC)c1. The Morgan fingerprint density at radius 2 is 1.72 bits per heavy atom. The second-order valence-electron chi connectivity index (χ2n) is 7.84. The van der Waals surface area contributed by atoms with Crippen LogP contribution in [0.15, 0.2) is 52.8 Å². The van der Waals surface area contributed by atoms with Crippen molar-refractivity contribution in [2.24, 2.45) is 4.99 Å². The minimum Gasteiger partial charge on any atom is -0.497 e. The molecule has 3 amide bonds. The van der Waals surface area contributed by atoms with E-state index in [0.29, 0.717) is 53.6 Å². The highest BCUT2D eigenvalue weighted by molar-refractivity contribution is 7.07. The van der Waals surface area contributed by atoms with Crippen LogP contribution < -0.4 is 29.6 Å². The van der Waals surface area contributed by atoms with Gasteiger partial charge >= 0.3 is 12.4 Å². The highest BCUT2D eigenvalue weighted by Gasteiger charge is 2.31. The number of ether oxygens (including phenoxy) is 3. The zero-order valence-electron chi connectivity index (χ0n) is 21.0. The maximum atomic E-state index is 13.1. The first-order valence-electron chi connectivity index (χ1n) is 11.6. The van der Waals surface area contributed by atoms with Crippen LogP contribution in [0.5, 0.6) is 17.2 Å². The molecule has 0 unspecified atom stereocenters. The first-order chi connectivity index (χ1) is 18.6. The Hall–Kier alpha value is -3.71. The number of thiazole rings is 1. The van der Waals surface area contributed by atoms with E-state index < -0.39 is 12.3 Å². The van der Waals surface area contributed by atoms with Gasteiger partial charge in [-0.25, -0.2) is 4.79 Å². The number of halogens is 4. The monoisotopic (exact) mass is 586 g/mol. The van der Waals surface area contributed by atoms with Crippen molar-refractivity contribution in [3.63, 3.8) is 0 Å². The summed E-state index contributed by atoms with van der Waals surface area (Å²) in [5, 5.41) is 7.06. The van der Waals surface area contributed by atoms with Crippen LogP contribution in [0.4, 0.5) is 18.0 Å². The quantitative estimate of drug-likeness (QED) is 0.248. The Bertz CT molecular complexity index is 1340. The van der Waals surface area contributed by atoms with Crippen LogP contribution >= 0.6 is 22.9 Å². The molecule has 1 heterocycles. The van der Waals surface area contributed by atoms with Gasteiger partial charge in [-0.3, -0.25) is 4.79 Å². The summed E-state index contributed by atoms with van der Waals surface area (Å²) < 4.78 is 53.9. The van der Waals surface area contributed by atoms with Crippen molar-refractivity contribution in [3.8, 4) is 28.5 Å². The Balaban J connectivity index is 1.91. The summed E-state index contributed by atoms with van der Waals surface area (Å²) in [7, 11) is 2.92. The topological polar surface area (TPSA) is 103 Å². The fourth-order valence-corrected chi connectivity index (χ4v) is 4.50. The van der Waals surface area contributed by atoms with Gasteiger partial charge in [0.2, 0.25) is 0 Å². The molecule has 0 saturated carbocycles. The van der Waals surface area contributed by atoms with Crippen molar-refractivity contribution in [2.75, 3.05) is 33.2 Å². The van der Waals surface area contributed by atoms with Gasteiger partial charge in [-0.1, -0.05) is 0 Å². The second-order valence-corrected chi connectivity index (χ2v) is 9.05. The number of carbonyl (C=O) groups is 2. The fourth-order valence-electron chi connectivity index (χ4n) is 3.48. The first-order valence-corrected chi connectivity index (χ1v) is 13.0. The highest BCUT2D eigenvalue weighted by Crippen LogP contribution is 2.28. The largest absolute Gasteiger partial charge is 0.573 e. The lowest BCUT2D eigenvalue weighted by Crippen LogP contribution is -2.37. The summed E-state index contributed by atoms with van der Waals surface area (Å²) in [5.74, 6) is 0.180. The van der Waals surface area contributed by atoms with Crippen LogP contribution in [0.1, 0.15) is 16.8 Å². The fraction of sp³-hybridized carbons (Fsp3) is 0.320. The van der Waals surface area contributed by atoms with Crippen LogP contribution in [0.2, 0.25) is 0 Å². The Kier molecular flexibility index (Phi) is 10.6. The van der Waals surface area contributed by atoms with E-state index in [1.165, 1.54) is 49.8 Å². The Morgan fingerprint density at radius 1 is 1.03 bits per heavy atom. The van der Waals surface area contributed by atoms with Gasteiger partial charge in [0.15, 0.2) is 4.80 Å². The zero-order chi connectivity index (χ0) is 28.4. The molecule has 210 valence electrons. The number of methoxy groups -OCH3 is 2. The number of aromatic nitrogens is 1. The first kappa shape index (κ1) is 29.8. The van der Waals surface area contributed by atoms with Crippen LogP contribution in [0, 0.1) is 0 Å². The van der Waals surface area contributed by atoms with Crippen molar-refractivity contribution in [2.45, 2.75) is 19.3 Å². The van der Waals surface area contributed by atoms with E-state index in [9.17, 15) is 22.8 Å². The number of amides is 3. The molecule has 3 aromatic rings. The van der Waals surface area contributed by atoms with E-state index >= 15 is 0 Å². The van der Waals surface area contributed by atoms with E-state index in [1.807, 2.05) is 0 Å². The number of hydrogen-bond acceptors (Lipinski definition) is 6. The molecule has 0 aliphatic rings. The molecule has 1 aromatic heterocycles. The molecular formula is C25H26ClF3N4O5S. The van der Waals surface area contributed by atoms with Gasteiger partial charge in [0.25, 0.3) is 5.91 Å². The van der Waals surface area contributed by atoms with Gasteiger partial charge in [0.1, 0.15) is 17.2 Å². The van der Waals surface area contributed by atoms with Gasteiger partial charge in [-0.2, -0.15) is 4.99 Å². The average Bonchev–Trinajstić information content (AvgIpc) is 3.30. The van der Waals surface area contributed by atoms with Crippen molar-refractivity contribution >= 4 is 34.9 Å². The molecule has 0 fully saturated rings. The molecule has 0 bridgehead atoms. The van der Waals surface area contributed by atoms with E-state index in [2.05, 4.69) is 20.4 Å². The van der Waals surface area contributed by atoms with Gasteiger partial charge in [0.05, 0.1) is 25.5 Å². The van der Waals surface area contributed by atoms with Crippen molar-refractivity contribution in [3.05, 3.63) is 58.2 Å². The molecule has 0 atom stereocenters. The number of nitrogens with zero attached hydrogens (tertiary/aromatic N) is 2. The van der Waals surface area contributed by atoms with Crippen molar-refractivity contribution in [1.29, 1.82) is 0 Å². The number of nitrogens with one attached hydrogen (secondary N) is 2. The molecule has 14 heteroatoms. The molecule has 9 nitrogen and oxygen atoms in total. The summed E-state index contributed by atoms with van der Waals surface area (Å²) in [4.78, 5) is 29.5. The van der Waals surface area contributed by atoms with Crippen LogP contribution in [0.3, 0.4) is 0 Å². The maximum Gasteiger partial charge on any atom is 0.573 e. The van der Waals surface area contributed by atoms with Gasteiger partial charge in [-0.05, 0) is 48.4 Å². The molecule has 0 spiro atoms. The van der Waals surface area contributed by atoms with E-state index in [-0.39, 0.29) is 23.2 Å². The number of alkyl halides is 4. The summed E-state index contributed by atoms with van der Waals surface area (Å²) in [6.07, 6.45) is -4.33. The van der Waals surface area contributed by atoms with E-state index in [0.717, 1.165) is 0 Å². The van der Waals surface area contributed by atoms with Gasteiger partial charge in [-0.15, -0.1) is 36.1 Å². The molecular weight excluding hydrogens is 561 g/mol. The predicted molar refractivity (Wildman–Crippen MR) is 141 cm³/mol. The molecule has 0 radical (unpaired) electrons. The number of hydrogen-bond donors (Lipinski definition) is 2.